The molecule has 1 aromatic carbocycles. The summed E-state index contributed by atoms with van der Waals surface area (Å²) in [6.45, 7) is 2.55. The van der Waals surface area contributed by atoms with E-state index in [4.69, 9.17) is 5.73 Å². The van der Waals surface area contributed by atoms with E-state index in [-0.39, 0.29) is 0 Å². The zero-order valence-corrected chi connectivity index (χ0v) is 11.4. The van der Waals surface area contributed by atoms with Crippen LogP contribution in [0.3, 0.4) is 0 Å². The van der Waals surface area contributed by atoms with Gasteiger partial charge in [0.25, 0.3) is 0 Å². The zero-order chi connectivity index (χ0) is 13.9. The first-order chi connectivity index (χ1) is 9.78. The van der Waals surface area contributed by atoms with Gasteiger partial charge in [0.05, 0.1) is 0 Å². The van der Waals surface area contributed by atoms with Crippen molar-refractivity contribution in [3.05, 3.63) is 54.0 Å². The number of pyridine rings is 1. The Morgan fingerprint density at radius 3 is 2.80 bits per heavy atom. The van der Waals surface area contributed by atoms with Crippen molar-refractivity contribution in [1.29, 1.82) is 0 Å². The summed E-state index contributed by atoms with van der Waals surface area (Å²) in [5.74, 6) is 0.672. The molecule has 3 rings (SSSR count). The molecule has 0 aliphatic rings. The van der Waals surface area contributed by atoms with E-state index < -0.39 is 0 Å². The maximum Gasteiger partial charge on any atom is 0.179 e. The molecule has 4 nitrogen and oxygen atoms in total. The van der Waals surface area contributed by atoms with Gasteiger partial charge in [0.15, 0.2) is 5.82 Å². The number of nitrogens with zero attached hydrogens (tertiary/aromatic N) is 3. The molecule has 0 aliphatic carbocycles. The molecule has 0 amide bonds. The van der Waals surface area contributed by atoms with Crippen molar-refractivity contribution in [2.24, 2.45) is 5.73 Å². The first kappa shape index (κ1) is 12.7. The predicted octanol–water partition coefficient (Wildman–Crippen LogP) is 2.50. The van der Waals surface area contributed by atoms with Gasteiger partial charge in [-0.15, -0.1) is 0 Å². The van der Waals surface area contributed by atoms with Gasteiger partial charge in [-0.05, 0) is 31.0 Å². The molecule has 4 heteroatoms. The highest BCUT2D eigenvalue weighted by Gasteiger charge is 2.09. The van der Waals surface area contributed by atoms with Gasteiger partial charge >= 0.3 is 0 Å². The predicted molar refractivity (Wildman–Crippen MR) is 80.3 cm³/mol. The second kappa shape index (κ2) is 5.35. The van der Waals surface area contributed by atoms with Crippen molar-refractivity contribution >= 4 is 10.8 Å². The smallest absolute Gasteiger partial charge is 0.179 e. The standard InChI is InChI=1S/C16H16N4/c1-11-10-13(6-8-17)20-16(19-11)15-14-5-3-2-4-12(14)7-9-18-15/h2-5,7,9-10H,6,8,17H2,1H3. The Morgan fingerprint density at radius 1 is 1.10 bits per heavy atom. The average molecular weight is 264 g/mol. The molecule has 0 spiro atoms. The summed E-state index contributed by atoms with van der Waals surface area (Å²) in [5.41, 5.74) is 8.34. The molecule has 0 bridgehead atoms. The lowest BCUT2D eigenvalue weighted by Crippen LogP contribution is -2.06. The fourth-order valence-corrected chi connectivity index (χ4v) is 2.31. The van der Waals surface area contributed by atoms with Crippen molar-refractivity contribution in [3.8, 4) is 11.5 Å². The van der Waals surface area contributed by atoms with Crippen molar-refractivity contribution in [1.82, 2.24) is 15.0 Å². The van der Waals surface area contributed by atoms with Crippen LogP contribution < -0.4 is 5.73 Å². The molecule has 2 N–H and O–H groups in total. The Bertz CT molecular complexity index is 747. The molecule has 0 radical (unpaired) electrons. The molecule has 20 heavy (non-hydrogen) atoms. The lowest BCUT2D eigenvalue weighted by molar-refractivity contribution is 0.903. The van der Waals surface area contributed by atoms with Crippen LogP contribution in [0.5, 0.6) is 0 Å². The molecule has 2 heterocycles. The number of aryl methyl sites for hydroxylation is 1. The van der Waals surface area contributed by atoms with E-state index in [1.54, 1.807) is 6.20 Å². The minimum atomic E-state index is 0.582. The number of aromatic nitrogens is 3. The van der Waals surface area contributed by atoms with E-state index in [1.807, 2.05) is 37.3 Å². The van der Waals surface area contributed by atoms with Gasteiger partial charge in [-0.2, -0.15) is 0 Å². The quantitative estimate of drug-likeness (QED) is 0.789. The maximum atomic E-state index is 5.61. The summed E-state index contributed by atoms with van der Waals surface area (Å²) < 4.78 is 0. The number of nitrogens with two attached hydrogens (primary N) is 1. The Balaban J connectivity index is 2.20. The lowest BCUT2D eigenvalue weighted by atomic mass is 10.1. The largest absolute Gasteiger partial charge is 0.330 e. The number of benzene rings is 1. The SMILES string of the molecule is Cc1cc(CCN)nc(-c2nccc3ccccc23)n1. The van der Waals surface area contributed by atoms with Crippen molar-refractivity contribution < 1.29 is 0 Å². The maximum absolute atomic E-state index is 5.61. The summed E-state index contributed by atoms with van der Waals surface area (Å²) in [6.07, 6.45) is 2.55. The van der Waals surface area contributed by atoms with Crippen molar-refractivity contribution in [2.75, 3.05) is 6.54 Å². The Hall–Kier alpha value is -2.33. The molecule has 0 aliphatic heterocycles. The van der Waals surface area contributed by atoms with E-state index >= 15 is 0 Å². The number of hydrogen-bond donors (Lipinski definition) is 1. The normalized spacial score (nSPS) is 10.9. The third-order valence-electron chi connectivity index (χ3n) is 3.19. The van der Waals surface area contributed by atoms with Gasteiger partial charge in [-0.3, -0.25) is 4.98 Å². The fraction of sp³-hybridized carbons (Fsp3) is 0.188. The Morgan fingerprint density at radius 2 is 1.95 bits per heavy atom. The first-order valence-electron chi connectivity index (χ1n) is 6.66. The lowest BCUT2D eigenvalue weighted by Gasteiger charge is -2.07. The second-order valence-electron chi connectivity index (χ2n) is 4.74. The molecule has 0 unspecified atom stereocenters. The molecular formula is C16H16N4. The van der Waals surface area contributed by atoms with Crippen LogP contribution in [0, 0.1) is 6.92 Å². The van der Waals surface area contributed by atoms with Crippen molar-refractivity contribution in [2.45, 2.75) is 13.3 Å². The molecule has 100 valence electrons. The molecule has 2 aromatic heterocycles. The zero-order valence-electron chi connectivity index (χ0n) is 11.4. The minimum Gasteiger partial charge on any atom is -0.330 e. The van der Waals surface area contributed by atoms with E-state index in [2.05, 4.69) is 21.0 Å². The summed E-state index contributed by atoms with van der Waals surface area (Å²) in [4.78, 5) is 13.6. The molecule has 3 aromatic rings. The van der Waals surface area contributed by atoms with Crippen LogP contribution in [-0.2, 0) is 6.42 Å². The summed E-state index contributed by atoms with van der Waals surface area (Å²) in [6, 6.07) is 12.1. The van der Waals surface area contributed by atoms with Crippen LogP contribution in [0.1, 0.15) is 11.4 Å². The molecule has 0 atom stereocenters. The van der Waals surface area contributed by atoms with E-state index in [1.165, 1.54) is 0 Å². The third-order valence-corrected chi connectivity index (χ3v) is 3.19. The fourth-order valence-electron chi connectivity index (χ4n) is 2.31. The third kappa shape index (κ3) is 2.38. The highest BCUT2D eigenvalue weighted by molar-refractivity contribution is 5.92. The van der Waals surface area contributed by atoms with Gasteiger partial charge in [-0.1, -0.05) is 24.3 Å². The molecule has 0 fully saturated rings. The highest BCUT2D eigenvalue weighted by Crippen LogP contribution is 2.24. The topological polar surface area (TPSA) is 64.7 Å². The second-order valence-corrected chi connectivity index (χ2v) is 4.74. The summed E-state index contributed by atoms with van der Waals surface area (Å²) in [5, 5.41) is 2.21. The highest BCUT2D eigenvalue weighted by atomic mass is 14.9. The molecule has 0 saturated carbocycles. The van der Waals surface area contributed by atoms with Gasteiger partial charge in [0.2, 0.25) is 0 Å². The summed E-state index contributed by atoms with van der Waals surface area (Å²) >= 11 is 0. The van der Waals surface area contributed by atoms with Crippen LogP contribution in [0.2, 0.25) is 0 Å². The Kier molecular flexibility index (Phi) is 3.39. The van der Waals surface area contributed by atoms with Gasteiger partial charge in [0, 0.05) is 29.4 Å². The number of rotatable bonds is 3. The van der Waals surface area contributed by atoms with Crippen molar-refractivity contribution in [3.63, 3.8) is 0 Å². The van der Waals surface area contributed by atoms with E-state index in [9.17, 15) is 0 Å². The van der Waals surface area contributed by atoms with Crippen LogP contribution >= 0.6 is 0 Å². The van der Waals surface area contributed by atoms with Gasteiger partial charge in [-0.25, -0.2) is 9.97 Å². The Labute approximate surface area is 117 Å². The van der Waals surface area contributed by atoms with Crippen LogP contribution in [-0.4, -0.2) is 21.5 Å². The molecular weight excluding hydrogens is 248 g/mol. The number of hydrogen-bond acceptors (Lipinski definition) is 4. The van der Waals surface area contributed by atoms with Crippen LogP contribution in [0.25, 0.3) is 22.3 Å². The summed E-state index contributed by atoms with van der Waals surface area (Å²) in [7, 11) is 0. The van der Waals surface area contributed by atoms with E-state index in [0.717, 1.165) is 34.3 Å². The van der Waals surface area contributed by atoms with Gasteiger partial charge < -0.3 is 5.73 Å². The average Bonchev–Trinajstić information content (AvgIpc) is 2.46. The van der Waals surface area contributed by atoms with Gasteiger partial charge in [0.1, 0.15) is 5.69 Å². The first-order valence-corrected chi connectivity index (χ1v) is 6.66. The van der Waals surface area contributed by atoms with Crippen LogP contribution in [0.4, 0.5) is 0 Å². The van der Waals surface area contributed by atoms with Crippen LogP contribution in [0.15, 0.2) is 42.6 Å². The number of fused-ring (bicyclic) bond motifs is 1. The minimum absolute atomic E-state index is 0.582. The molecule has 0 saturated heterocycles. The van der Waals surface area contributed by atoms with E-state index in [0.29, 0.717) is 12.4 Å². The monoisotopic (exact) mass is 264 g/mol.